The van der Waals surface area contributed by atoms with E-state index in [1.54, 1.807) is 42.7 Å². The van der Waals surface area contributed by atoms with Crippen molar-refractivity contribution in [2.75, 3.05) is 53.3 Å². The molecular weight excluding hydrogens is 444 g/mol. The van der Waals surface area contributed by atoms with Crippen LogP contribution in [0.1, 0.15) is 6.42 Å². The van der Waals surface area contributed by atoms with Crippen LogP contribution in [0.4, 0.5) is 0 Å². The van der Waals surface area contributed by atoms with E-state index in [1.807, 2.05) is 0 Å². The second-order valence-electron chi connectivity index (χ2n) is 3.82. The van der Waals surface area contributed by atoms with Crippen molar-refractivity contribution in [3.8, 4) is 0 Å². The minimum Gasteiger partial charge on any atom is -0.377 e. The van der Waals surface area contributed by atoms with Crippen molar-refractivity contribution in [2.24, 2.45) is 0 Å². The van der Waals surface area contributed by atoms with E-state index in [4.69, 9.17) is 26.6 Å². The predicted molar refractivity (Wildman–Crippen MR) is 95.4 cm³/mol. The molecule has 0 aliphatic carbocycles. The Kier molecular flexibility index (Phi) is 17.1. The molecule has 130 valence electrons. The first kappa shape index (κ1) is 24.4. The first-order valence-corrected chi connectivity index (χ1v) is 12.5. The summed E-state index contributed by atoms with van der Waals surface area (Å²) in [6.07, 6.45) is 1.02. The largest absolute Gasteiger partial charge is 0.500 e. The first-order chi connectivity index (χ1) is 9.99. The van der Waals surface area contributed by atoms with Crippen LogP contribution < -0.4 is 0 Å². The molecule has 0 aliphatic heterocycles. The molecule has 0 amide bonds. The van der Waals surface area contributed by atoms with Crippen molar-refractivity contribution in [2.45, 2.75) is 18.5 Å². The molecular formula is C11H28Br2O6Si2. The van der Waals surface area contributed by atoms with Gasteiger partial charge in [0.15, 0.2) is 0 Å². The van der Waals surface area contributed by atoms with Crippen LogP contribution in [0, 0.1) is 0 Å². The second-order valence-corrected chi connectivity index (χ2v) is 11.6. The van der Waals surface area contributed by atoms with E-state index in [9.17, 15) is 0 Å². The van der Waals surface area contributed by atoms with Crippen LogP contribution in [0.5, 0.6) is 0 Å². The van der Waals surface area contributed by atoms with Gasteiger partial charge >= 0.3 is 17.6 Å². The summed E-state index contributed by atoms with van der Waals surface area (Å²) in [5.74, 6) is 0. The highest BCUT2D eigenvalue weighted by atomic mass is 79.9. The SMILES string of the molecule is CO[Si](CCBr)(OC)OC.CO[Si](CCCBr)(OC)OC. The fourth-order valence-corrected chi connectivity index (χ4v) is 6.83. The Balaban J connectivity index is 0. The van der Waals surface area contributed by atoms with E-state index in [1.165, 1.54) is 0 Å². The molecule has 0 aromatic carbocycles. The zero-order valence-electron chi connectivity index (χ0n) is 13.7. The maximum Gasteiger partial charge on any atom is 0.500 e. The van der Waals surface area contributed by atoms with Gasteiger partial charge in [0.1, 0.15) is 0 Å². The third kappa shape index (κ3) is 9.79. The molecule has 0 saturated heterocycles. The lowest BCUT2D eigenvalue weighted by molar-refractivity contribution is 0.123. The molecule has 0 aromatic rings. The average Bonchev–Trinajstić information content (AvgIpc) is 2.55. The zero-order valence-corrected chi connectivity index (χ0v) is 18.9. The van der Waals surface area contributed by atoms with E-state index >= 15 is 0 Å². The summed E-state index contributed by atoms with van der Waals surface area (Å²) in [5.41, 5.74) is 0. The van der Waals surface area contributed by atoms with Crippen molar-refractivity contribution in [1.29, 1.82) is 0 Å². The lowest BCUT2D eigenvalue weighted by atomic mass is 10.6. The van der Waals surface area contributed by atoms with Gasteiger partial charge in [-0.25, -0.2) is 0 Å². The summed E-state index contributed by atoms with van der Waals surface area (Å²) in [6, 6.07) is 1.66. The fraction of sp³-hybridized carbons (Fsp3) is 1.00. The Labute approximate surface area is 147 Å². The van der Waals surface area contributed by atoms with Gasteiger partial charge in [-0.2, -0.15) is 0 Å². The molecule has 10 heteroatoms. The molecule has 0 bridgehead atoms. The Morgan fingerprint density at radius 1 is 0.571 bits per heavy atom. The minimum atomic E-state index is -2.27. The van der Waals surface area contributed by atoms with Gasteiger partial charge in [-0.1, -0.05) is 31.9 Å². The van der Waals surface area contributed by atoms with Gasteiger partial charge in [-0.15, -0.1) is 0 Å². The standard InChI is InChI=1S/C6H15BrO3Si.C5H13BrO3Si/c1-8-11(9-2,10-3)6-4-5-7;1-7-10(8-2,9-3)5-4-6/h4-6H2,1-3H3;4-5H2,1-3H3. The fourth-order valence-electron chi connectivity index (χ4n) is 1.51. The van der Waals surface area contributed by atoms with Gasteiger partial charge in [0, 0.05) is 65.4 Å². The Morgan fingerprint density at radius 2 is 0.905 bits per heavy atom. The normalized spacial score (nSPS) is 12.0. The Morgan fingerprint density at radius 3 is 1.10 bits per heavy atom. The topological polar surface area (TPSA) is 55.4 Å². The van der Waals surface area contributed by atoms with Gasteiger partial charge in [0.05, 0.1) is 0 Å². The molecule has 0 heterocycles. The molecule has 6 nitrogen and oxygen atoms in total. The molecule has 0 spiro atoms. The van der Waals surface area contributed by atoms with E-state index in [-0.39, 0.29) is 0 Å². The number of rotatable bonds is 11. The molecule has 0 aliphatic rings. The second kappa shape index (κ2) is 14.7. The molecule has 0 radical (unpaired) electrons. The first-order valence-electron chi connectivity index (χ1n) is 6.42. The smallest absolute Gasteiger partial charge is 0.377 e. The quantitative estimate of drug-likeness (QED) is 0.341. The molecule has 0 unspecified atom stereocenters. The third-order valence-electron chi connectivity index (χ3n) is 2.88. The van der Waals surface area contributed by atoms with Gasteiger partial charge in [0.25, 0.3) is 0 Å². The van der Waals surface area contributed by atoms with Gasteiger partial charge in [0.2, 0.25) is 0 Å². The van der Waals surface area contributed by atoms with Gasteiger partial charge < -0.3 is 26.6 Å². The summed E-state index contributed by atoms with van der Waals surface area (Å²) in [5, 5.41) is 1.80. The molecule has 0 atom stereocenters. The molecule has 21 heavy (non-hydrogen) atoms. The lowest BCUT2D eigenvalue weighted by Crippen LogP contribution is -2.42. The molecule has 0 aromatic heterocycles. The highest BCUT2D eigenvalue weighted by Gasteiger charge is 2.37. The van der Waals surface area contributed by atoms with Crippen LogP contribution in [-0.4, -0.2) is 70.9 Å². The summed E-state index contributed by atoms with van der Waals surface area (Å²) >= 11 is 6.65. The van der Waals surface area contributed by atoms with Crippen LogP contribution in [0.15, 0.2) is 0 Å². The number of hydrogen-bond donors (Lipinski definition) is 0. The van der Waals surface area contributed by atoms with Crippen LogP contribution >= 0.6 is 31.9 Å². The van der Waals surface area contributed by atoms with E-state index in [0.717, 1.165) is 29.2 Å². The highest BCUT2D eigenvalue weighted by Crippen LogP contribution is 2.15. The lowest BCUT2D eigenvalue weighted by Gasteiger charge is -2.23. The Bertz CT molecular complexity index is 214. The van der Waals surface area contributed by atoms with Crippen molar-refractivity contribution in [1.82, 2.24) is 0 Å². The van der Waals surface area contributed by atoms with E-state index in [2.05, 4.69) is 31.9 Å². The maximum atomic E-state index is 5.21. The predicted octanol–water partition coefficient (Wildman–Crippen LogP) is 2.91. The summed E-state index contributed by atoms with van der Waals surface area (Å²) < 4.78 is 31.1. The summed E-state index contributed by atoms with van der Waals surface area (Å²) in [6.45, 7) is 0. The third-order valence-corrected chi connectivity index (χ3v) is 10.1. The van der Waals surface area contributed by atoms with Crippen LogP contribution in [-0.2, 0) is 26.6 Å². The van der Waals surface area contributed by atoms with Crippen molar-refractivity contribution >= 4 is 49.5 Å². The van der Waals surface area contributed by atoms with E-state index in [0.29, 0.717) is 0 Å². The maximum absolute atomic E-state index is 5.21. The van der Waals surface area contributed by atoms with Gasteiger partial charge in [-0.05, 0) is 6.42 Å². The summed E-state index contributed by atoms with van der Waals surface area (Å²) in [7, 11) is 5.20. The Hall–Kier alpha value is 1.15. The van der Waals surface area contributed by atoms with Crippen molar-refractivity contribution < 1.29 is 26.6 Å². The van der Waals surface area contributed by atoms with Crippen LogP contribution in [0.3, 0.4) is 0 Å². The number of halogens is 2. The molecule has 0 fully saturated rings. The molecule has 0 saturated carbocycles. The average molecular weight is 472 g/mol. The zero-order chi connectivity index (χ0) is 16.8. The van der Waals surface area contributed by atoms with Crippen molar-refractivity contribution in [3.05, 3.63) is 0 Å². The van der Waals surface area contributed by atoms with Gasteiger partial charge in [-0.3, -0.25) is 0 Å². The monoisotopic (exact) mass is 470 g/mol. The number of alkyl halides is 2. The van der Waals surface area contributed by atoms with E-state index < -0.39 is 17.6 Å². The molecule has 0 rings (SSSR count). The van der Waals surface area contributed by atoms with Crippen LogP contribution in [0.2, 0.25) is 12.1 Å². The van der Waals surface area contributed by atoms with Crippen LogP contribution in [0.25, 0.3) is 0 Å². The summed E-state index contributed by atoms with van der Waals surface area (Å²) in [4.78, 5) is 0. The van der Waals surface area contributed by atoms with Crippen molar-refractivity contribution in [3.63, 3.8) is 0 Å². The number of hydrogen-bond acceptors (Lipinski definition) is 6. The molecule has 0 N–H and O–H groups in total. The highest BCUT2D eigenvalue weighted by molar-refractivity contribution is 9.09. The minimum absolute atomic E-state index is 0.802.